The smallest absolute Gasteiger partial charge is 0.250 e. The highest BCUT2D eigenvalue weighted by Gasteiger charge is 2.19. The summed E-state index contributed by atoms with van der Waals surface area (Å²) in [6.45, 7) is 1.27. The third-order valence-corrected chi connectivity index (χ3v) is 3.04. The van der Waals surface area contributed by atoms with E-state index >= 15 is 0 Å². The van der Waals surface area contributed by atoms with E-state index in [1.54, 1.807) is 4.90 Å². The zero-order chi connectivity index (χ0) is 14.0. The van der Waals surface area contributed by atoms with Gasteiger partial charge in [0.25, 0.3) is 5.91 Å². The van der Waals surface area contributed by atoms with E-state index in [-0.39, 0.29) is 29.3 Å². The molecular formula is C12H15FN4O2. The van der Waals surface area contributed by atoms with Crippen LogP contribution in [0.3, 0.4) is 0 Å². The molecular weight excluding hydrogens is 251 g/mol. The van der Waals surface area contributed by atoms with E-state index < -0.39 is 11.7 Å². The predicted octanol–water partition coefficient (Wildman–Crippen LogP) is -0.167. The van der Waals surface area contributed by atoms with Gasteiger partial charge in [-0.1, -0.05) is 0 Å². The molecule has 5 N–H and O–H groups in total. The van der Waals surface area contributed by atoms with Gasteiger partial charge in [0.15, 0.2) is 0 Å². The second-order valence-corrected chi connectivity index (χ2v) is 4.34. The van der Waals surface area contributed by atoms with Crippen molar-refractivity contribution in [3.8, 4) is 0 Å². The number of carbonyl (C=O) groups is 2. The Morgan fingerprint density at radius 2 is 2.11 bits per heavy atom. The molecule has 1 aromatic carbocycles. The summed E-state index contributed by atoms with van der Waals surface area (Å²) in [5, 5.41) is 2.69. The van der Waals surface area contributed by atoms with Crippen molar-refractivity contribution in [3.05, 3.63) is 23.5 Å². The van der Waals surface area contributed by atoms with Crippen molar-refractivity contribution >= 4 is 23.2 Å². The first kappa shape index (κ1) is 13.1. The van der Waals surface area contributed by atoms with Gasteiger partial charge in [-0.05, 0) is 12.1 Å². The summed E-state index contributed by atoms with van der Waals surface area (Å²) in [6, 6.07) is 2.42. The van der Waals surface area contributed by atoms with Crippen LogP contribution in [0.15, 0.2) is 12.1 Å². The molecule has 1 aromatic rings. The van der Waals surface area contributed by atoms with E-state index in [0.29, 0.717) is 19.6 Å². The maximum absolute atomic E-state index is 13.9. The highest BCUT2D eigenvalue weighted by atomic mass is 19.1. The van der Waals surface area contributed by atoms with Crippen LogP contribution in [0.25, 0.3) is 0 Å². The van der Waals surface area contributed by atoms with Crippen molar-refractivity contribution in [3.63, 3.8) is 0 Å². The number of nitrogens with two attached hydrogens (primary N) is 2. The van der Waals surface area contributed by atoms with Gasteiger partial charge in [0.05, 0.1) is 11.3 Å². The van der Waals surface area contributed by atoms with E-state index in [4.69, 9.17) is 11.5 Å². The number of amides is 2. The molecule has 0 aliphatic carbocycles. The molecule has 1 aliphatic rings. The van der Waals surface area contributed by atoms with Gasteiger partial charge in [0.2, 0.25) is 5.91 Å². The second kappa shape index (κ2) is 5.13. The zero-order valence-electron chi connectivity index (χ0n) is 10.3. The van der Waals surface area contributed by atoms with Crippen LogP contribution in [0.2, 0.25) is 0 Å². The molecule has 1 saturated heterocycles. The lowest BCUT2D eigenvalue weighted by Gasteiger charge is -2.23. The number of benzene rings is 1. The molecule has 1 heterocycles. The largest absolute Gasteiger partial charge is 0.398 e. The van der Waals surface area contributed by atoms with Gasteiger partial charge in [-0.15, -0.1) is 0 Å². The molecule has 0 spiro atoms. The molecule has 2 rings (SSSR count). The van der Waals surface area contributed by atoms with E-state index in [1.165, 1.54) is 6.07 Å². The lowest BCUT2D eigenvalue weighted by atomic mass is 10.1. The van der Waals surface area contributed by atoms with Gasteiger partial charge in [0, 0.05) is 31.7 Å². The van der Waals surface area contributed by atoms with E-state index in [0.717, 1.165) is 6.07 Å². The number of nitrogen functional groups attached to an aromatic ring is 1. The number of primary amides is 1. The molecule has 102 valence electrons. The topological polar surface area (TPSA) is 101 Å². The summed E-state index contributed by atoms with van der Waals surface area (Å²) in [5.41, 5.74) is 11.1. The number of anilines is 2. The fourth-order valence-corrected chi connectivity index (χ4v) is 2.04. The molecule has 0 atom stereocenters. The van der Waals surface area contributed by atoms with Crippen molar-refractivity contribution in [1.82, 2.24) is 5.32 Å². The van der Waals surface area contributed by atoms with Gasteiger partial charge in [-0.2, -0.15) is 0 Å². The summed E-state index contributed by atoms with van der Waals surface area (Å²) in [7, 11) is 0. The molecule has 0 saturated carbocycles. The number of hydrogen-bond donors (Lipinski definition) is 3. The van der Waals surface area contributed by atoms with Crippen molar-refractivity contribution in [1.29, 1.82) is 0 Å². The standard InChI is InChI=1S/C12H15FN4O2/c13-8-6-9(14)7(12(15)19)5-10(8)17-3-1-11(18)16-2-4-17/h5-6H,1-4,14H2,(H2,15,19)(H,16,18). The molecule has 19 heavy (non-hydrogen) atoms. The molecule has 7 heteroatoms. The third-order valence-electron chi connectivity index (χ3n) is 3.04. The van der Waals surface area contributed by atoms with E-state index in [9.17, 15) is 14.0 Å². The second-order valence-electron chi connectivity index (χ2n) is 4.34. The van der Waals surface area contributed by atoms with Gasteiger partial charge >= 0.3 is 0 Å². The maximum Gasteiger partial charge on any atom is 0.250 e. The summed E-state index contributed by atoms with van der Waals surface area (Å²) >= 11 is 0. The molecule has 2 amide bonds. The van der Waals surface area contributed by atoms with Crippen molar-refractivity contribution in [2.24, 2.45) is 5.73 Å². The average Bonchev–Trinajstić information content (AvgIpc) is 2.54. The molecule has 0 aromatic heterocycles. The minimum absolute atomic E-state index is 0.0118. The van der Waals surface area contributed by atoms with Crippen molar-refractivity contribution in [2.45, 2.75) is 6.42 Å². The number of nitrogens with zero attached hydrogens (tertiary/aromatic N) is 1. The van der Waals surface area contributed by atoms with Crippen LogP contribution in [0.1, 0.15) is 16.8 Å². The Hall–Kier alpha value is -2.31. The van der Waals surface area contributed by atoms with E-state index in [2.05, 4.69) is 5.32 Å². The first-order valence-corrected chi connectivity index (χ1v) is 5.89. The average molecular weight is 266 g/mol. The highest BCUT2D eigenvalue weighted by molar-refractivity contribution is 5.99. The molecule has 0 radical (unpaired) electrons. The van der Waals surface area contributed by atoms with Gasteiger partial charge in [0.1, 0.15) is 5.82 Å². The monoisotopic (exact) mass is 266 g/mol. The maximum atomic E-state index is 13.9. The Kier molecular flexibility index (Phi) is 3.55. The van der Waals surface area contributed by atoms with E-state index in [1.807, 2.05) is 0 Å². The molecule has 1 aliphatic heterocycles. The van der Waals surface area contributed by atoms with Crippen LogP contribution in [0.4, 0.5) is 15.8 Å². The minimum atomic E-state index is -0.706. The lowest BCUT2D eigenvalue weighted by molar-refractivity contribution is -0.120. The number of carbonyl (C=O) groups excluding carboxylic acids is 2. The van der Waals surface area contributed by atoms with Crippen molar-refractivity contribution in [2.75, 3.05) is 30.3 Å². The lowest BCUT2D eigenvalue weighted by Crippen LogP contribution is -2.29. The fourth-order valence-electron chi connectivity index (χ4n) is 2.04. The van der Waals surface area contributed by atoms with Crippen LogP contribution in [-0.2, 0) is 4.79 Å². The van der Waals surface area contributed by atoms with Crippen LogP contribution in [0, 0.1) is 5.82 Å². The van der Waals surface area contributed by atoms with Gasteiger partial charge in [-0.25, -0.2) is 4.39 Å². The Labute approximate surface area is 109 Å². The fraction of sp³-hybridized carbons (Fsp3) is 0.333. The highest BCUT2D eigenvalue weighted by Crippen LogP contribution is 2.25. The third kappa shape index (κ3) is 2.75. The molecule has 1 fully saturated rings. The first-order chi connectivity index (χ1) is 8.99. The van der Waals surface area contributed by atoms with Crippen LogP contribution in [-0.4, -0.2) is 31.4 Å². The summed E-state index contributed by atoms with van der Waals surface area (Å²) in [4.78, 5) is 24.2. The number of nitrogens with one attached hydrogen (secondary N) is 1. The summed E-state index contributed by atoms with van der Waals surface area (Å²) in [5.74, 6) is -1.31. The first-order valence-electron chi connectivity index (χ1n) is 5.89. The number of hydrogen-bond acceptors (Lipinski definition) is 4. The minimum Gasteiger partial charge on any atom is -0.398 e. The quantitative estimate of drug-likeness (QED) is 0.647. The number of rotatable bonds is 2. The Bertz CT molecular complexity index is 533. The Morgan fingerprint density at radius 1 is 1.37 bits per heavy atom. The van der Waals surface area contributed by atoms with Crippen LogP contribution >= 0.6 is 0 Å². The molecule has 0 bridgehead atoms. The normalized spacial score (nSPS) is 15.8. The van der Waals surface area contributed by atoms with Gasteiger partial charge in [-0.3, -0.25) is 9.59 Å². The van der Waals surface area contributed by atoms with Crippen LogP contribution in [0.5, 0.6) is 0 Å². The summed E-state index contributed by atoms with van der Waals surface area (Å²) in [6.07, 6.45) is 0.274. The molecule has 6 nitrogen and oxygen atoms in total. The summed E-state index contributed by atoms with van der Waals surface area (Å²) < 4.78 is 13.9. The number of halogens is 1. The molecule has 0 unspecified atom stereocenters. The SMILES string of the molecule is NC(=O)c1cc(N2CCNC(=O)CC2)c(F)cc1N. The zero-order valence-corrected chi connectivity index (χ0v) is 10.3. The Balaban J connectivity index is 2.35. The van der Waals surface area contributed by atoms with Crippen molar-refractivity contribution < 1.29 is 14.0 Å². The van der Waals surface area contributed by atoms with Gasteiger partial charge < -0.3 is 21.7 Å². The van der Waals surface area contributed by atoms with Crippen LogP contribution < -0.4 is 21.7 Å². The predicted molar refractivity (Wildman–Crippen MR) is 69.2 cm³/mol. The Morgan fingerprint density at radius 3 is 2.79 bits per heavy atom.